The van der Waals surface area contributed by atoms with Gasteiger partial charge in [0.1, 0.15) is 36.5 Å². The topological polar surface area (TPSA) is 205 Å². The molecular weight excluding hydrogens is 873 g/mol. The van der Waals surface area contributed by atoms with Crippen LogP contribution in [0.25, 0.3) is 0 Å². The first-order valence-corrected chi connectivity index (χ1v) is 23.4. The van der Waals surface area contributed by atoms with E-state index in [2.05, 4.69) is 17.6 Å². The molecule has 68 heavy (non-hydrogen) atoms. The molecule has 1 fully saturated rings. The van der Waals surface area contributed by atoms with Gasteiger partial charge in [-0.3, -0.25) is 20.0 Å². The minimum Gasteiger partial charge on any atom is -0.487 e. The van der Waals surface area contributed by atoms with Gasteiger partial charge in [-0.1, -0.05) is 66.5 Å². The summed E-state index contributed by atoms with van der Waals surface area (Å²) in [6.07, 6.45) is 7.39. The molecule has 2 heterocycles. The first kappa shape index (κ1) is 49.7. The summed E-state index contributed by atoms with van der Waals surface area (Å²) in [7, 11) is 0. The summed E-state index contributed by atoms with van der Waals surface area (Å²) in [5, 5.41) is 46.0. The Kier molecular flexibility index (Phi) is 17.7. The van der Waals surface area contributed by atoms with Gasteiger partial charge in [-0.15, -0.1) is 6.58 Å². The van der Waals surface area contributed by atoms with Crippen molar-refractivity contribution in [2.45, 2.75) is 82.8 Å². The van der Waals surface area contributed by atoms with Crippen LogP contribution >= 0.6 is 0 Å². The molecule has 7 rings (SSSR count). The number of oxime groups is 1. The van der Waals surface area contributed by atoms with Crippen LogP contribution in [0, 0.1) is 34.8 Å². The van der Waals surface area contributed by atoms with Gasteiger partial charge in [0.15, 0.2) is 0 Å². The van der Waals surface area contributed by atoms with Gasteiger partial charge in [-0.2, -0.15) is 0 Å². The van der Waals surface area contributed by atoms with Crippen LogP contribution in [0.2, 0.25) is 0 Å². The van der Waals surface area contributed by atoms with E-state index in [1.807, 2.05) is 73.7 Å². The Morgan fingerprint density at radius 3 is 2.43 bits per heavy atom. The quantitative estimate of drug-likeness (QED) is 0.0248. The van der Waals surface area contributed by atoms with E-state index in [0.717, 1.165) is 53.8 Å². The van der Waals surface area contributed by atoms with E-state index in [-0.39, 0.29) is 95.0 Å². The van der Waals surface area contributed by atoms with Crippen molar-refractivity contribution < 1.29 is 53.6 Å². The molecule has 3 N–H and O–H groups in total. The normalized spacial score (nSPS) is 22.0. The molecule has 3 aromatic carbocycles. The third-order valence-electron chi connectivity index (χ3n) is 12.8. The zero-order chi connectivity index (χ0) is 47.9. The molecule has 16 heteroatoms. The molecular formula is C52H62N4O12. The summed E-state index contributed by atoms with van der Waals surface area (Å²) in [5.41, 5.74) is 4.70. The fourth-order valence-corrected chi connectivity index (χ4v) is 9.83. The van der Waals surface area contributed by atoms with Gasteiger partial charge in [0.05, 0.1) is 48.7 Å². The second-order valence-electron chi connectivity index (χ2n) is 17.2. The third kappa shape index (κ3) is 11.9. The molecule has 16 nitrogen and oxygen atoms in total. The number of non-ortho nitro benzene ring substituents is 1. The highest BCUT2D eigenvalue weighted by atomic mass is 16.7. The molecule has 1 saturated carbocycles. The molecule has 0 radical (unpaired) electrons. The van der Waals surface area contributed by atoms with Crippen molar-refractivity contribution in [2.75, 3.05) is 46.2 Å². The molecule has 1 aliphatic heterocycles. The predicted molar refractivity (Wildman–Crippen MR) is 253 cm³/mol. The number of allylic oxidation sites excluding steroid dienone is 1. The van der Waals surface area contributed by atoms with Crippen molar-refractivity contribution in [2.24, 2.45) is 22.9 Å². The van der Waals surface area contributed by atoms with Crippen molar-refractivity contribution >= 4 is 17.5 Å². The molecule has 362 valence electrons. The number of aromatic nitrogens is 1. The van der Waals surface area contributed by atoms with Crippen LogP contribution in [0.4, 0.5) is 10.5 Å². The van der Waals surface area contributed by atoms with Crippen LogP contribution < -0.4 is 14.2 Å². The average Bonchev–Trinajstić information content (AvgIpc) is 3.34. The molecule has 3 aliphatic rings. The Labute approximate surface area is 396 Å². The van der Waals surface area contributed by atoms with Gasteiger partial charge in [0.2, 0.25) is 5.79 Å². The Bertz CT molecular complexity index is 2360. The number of benzene rings is 3. The van der Waals surface area contributed by atoms with Gasteiger partial charge in [-0.05, 0) is 98.0 Å². The number of rotatable bonds is 25. The number of pyridine rings is 1. The number of fused-ring (bicyclic) bond motifs is 2. The average molecular weight is 935 g/mol. The highest BCUT2D eigenvalue weighted by Gasteiger charge is 2.65. The third-order valence-corrected chi connectivity index (χ3v) is 12.8. The summed E-state index contributed by atoms with van der Waals surface area (Å²) in [4.78, 5) is 38.2. The number of ether oxygens (including phenoxy) is 5. The number of amides is 1. The number of aryl methyl sites for hydroxylation is 1. The van der Waals surface area contributed by atoms with Gasteiger partial charge in [0.25, 0.3) is 5.69 Å². The van der Waals surface area contributed by atoms with E-state index in [4.69, 9.17) is 33.7 Å². The Morgan fingerprint density at radius 2 is 1.71 bits per heavy atom. The summed E-state index contributed by atoms with van der Waals surface area (Å²) >= 11 is 0. The van der Waals surface area contributed by atoms with E-state index in [9.17, 15) is 30.2 Å². The lowest BCUT2D eigenvalue weighted by molar-refractivity contribution is -0.384. The van der Waals surface area contributed by atoms with Crippen LogP contribution in [-0.4, -0.2) is 99.9 Å². The smallest absolute Gasteiger partial charge is 0.415 e. The number of nitro benzene ring substituents is 1. The van der Waals surface area contributed by atoms with Crippen molar-refractivity contribution in [3.63, 3.8) is 0 Å². The van der Waals surface area contributed by atoms with E-state index in [1.165, 1.54) is 29.2 Å². The molecule has 0 bridgehead atoms. The molecule has 0 spiro atoms. The summed E-state index contributed by atoms with van der Waals surface area (Å²) in [6.45, 7) is 6.24. The van der Waals surface area contributed by atoms with Crippen molar-refractivity contribution in [1.29, 1.82) is 0 Å². The predicted octanol–water partition coefficient (Wildman–Crippen LogP) is 8.22. The van der Waals surface area contributed by atoms with Crippen molar-refractivity contribution in [1.82, 2.24) is 9.88 Å². The SMILES string of the molecule is C=CCO[C@@]12Oc3ccc(OCc4cccc(C)n4)cc3[C@H]3[C@H](CCCCO)[C@@H](CCCCO)C=C(C(=NOCc4ccccc4)C[C@@H]1N(CCOCCO)C(=O)Oc1ccc([N+](=O)[O-])cc1)[C@H]32. The summed E-state index contributed by atoms with van der Waals surface area (Å²) in [6, 6.07) is 25.5. The van der Waals surface area contributed by atoms with Crippen molar-refractivity contribution in [3.05, 3.63) is 148 Å². The maximum atomic E-state index is 14.9. The minimum atomic E-state index is -1.61. The molecule has 0 saturated heterocycles. The number of carbonyl (C=O) groups excluding carboxylic acids is 1. The Balaban J connectivity index is 1.41. The molecule has 1 aromatic heterocycles. The second kappa shape index (κ2) is 24.2. The second-order valence-corrected chi connectivity index (χ2v) is 17.2. The lowest BCUT2D eigenvalue weighted by atomic mass is 9.55. The lowest BCUT2D eigenvalue weighted by Crippen LogP contribution is -2.70. The first-order valence-electron chi connectivity index (χ1n) is 23.4. The Morgan fingerprint density at radius 1 is 0.941 bits per heavy atom. The number of aliphatic hydroxyl groups is 3. The molecule has 6 atom stereocenters. The van der Waals surface area contributed by atoms with E-state index >= 15 is 0 Å². The molecule has 0 unspecified atom stereocenters. The van der Waals surface area contributed by atoms with E-state index < -0.39 is 28.8 Å². The monoisotopic (exact) mass is 934 g/mol. The zero-order valence-corrected chi connectivity index (χ0v) is 38.5. The largest absolute Gasteiger partial charge is 0.487 e. The Hall–Kier alpha value is -6.17. The maximum Gasteiger partial charge on any atom is 0.415 e. The number of aliphatic hydroxyl groups excluding tert-OH is 3. The number of carbonyl (C=O) groups is 1. The first-order chi connectivity index (χ1) is 33.2. The van der Waals surface area contributed by atoms with Gasteiger partial charge < -0.3 is 43.8 Å². The molecule has 4 aromatic rings. The summed E-state index contributed by atoms with van der Waals surface area (Å²) in [5.74, 6) is -1.40. The highest BCUT2D eigenvalue weighted by molar-refractivity contribution is 6.03. The van der Waals surface area contributed by atoms with Crippen LogP contribution in [0.15, 0.2) is 120 Å². The fraction of sp³-hybridized carbons (Fsp3) is 0.442. The van der Waals surface area contributed by atoms with Crippen LogP contribution in [0.5, 0.6) is 17.2 Å². The van der Waals surface area contributed by atoms with Gasteiger partial charge >= 0.3 is 6.09 Å². The van der Waals surface area contributed by atoms with E-state index in [1.54, 1.807) is 6.08 Å². The lowest BCUT2D eigenvalue weighted by Gasteiger charge is -2.59. The van der Waals surface area contributed by atoms with Gasteiger partial charge in [0, 0.05) is 55.5 Å². The highest BCUT2D eigenvalue weighted by Crippen LogP contribution is 2.62. The molecule has 2 aliphatic carbocycles. The minimum absolute atomic E-state index is 0.00152. The maximum absolute atomic E-state index is 14.9. The van der Waals surface area contributed by atoms with Crippen LogP contribution in [-0.2, 0) is 27.5 Å². The fourth-order valence-electron chi connectivity index (χ4n) is 9.83. The number of unbranched alkanes of at least 4 members (excludes halogenated alkanes) is 2. The van der Waals surface area contributed by atoms with Crippen LogP contribution in [0.1, 0.15) is 73.4 Å². The zero-order valence-electron chi connectivity index (χ0n) is 38.5. The number of hydrogen-bond donors (Lipinski definition) is 3. The van der Waals surface area contributed by atoms with E-state index in [0.29, 0.717) is 30.1 Å². The standard InChI is InChI=1S/C52H62N4O12/c1-3-28-65-52-48(55(24-29-63-30-27-59)51(60)67-41-20-18-40(19-21-41)56(61)62)33-46(54-66-34-37-13-5-4-6-14-37)44-31-38(15-7-9-25-57)43(17-8-10-26-58)49(50(44)52)45-32-42(22-23-47(45)68-52)64-35-39-16-11-12-36(2)53-39/h3-6,11-14,16,18-23,31-32,38,43,48-50,57-59H,1,7-10,15,17,24-30,33-35H2,2H3/t38-,43+,48-,49+,50+,52+/m0/s1. The summed E-state index contributed by atoms with van der Waals surface area (Å²) < 4.78 is 32.6. The number of nitro groups is 1. The molecule has 1 amide bonds. The van der Waals surface area contributed by atoms with Crippen molar-refractivity contribution in [3.8, 4) is 17.2 Å². The van der Waals surface area contributed by atoms with Crippen LogP contribution in [0.3, 0.4) is 0 Å². The number of hydrogen-bond acceptors (Lipinski definition) is 14. The number of nitrogens with zero attached hydrogens (tertiary/aromatic N) is 4. The van der Waals surface area contributed by atoms with Gasteiger partial charge in [-0.25, -0.2) is 4.79 Å².